The van der Waals surface area contributed by atoms with Crippen LogP contribution in [0.4, 0.5) is 5.69 Å². The van der Waals surface area contributed by atoms with Gasteiger partial charge in [-0.05, 0) is 36.0 Å². The van der Waals surface area contributed by atoms with Crippen LogP contribution in [0.1, 0.15) is 31.4 Å². The minimum absolute atomic E-state index is 0.192. The van der Waals surface area contributed by atoms with Gasteiger partial charge in [-0.15, -0.1) is 0 Å². The zero-order valence-electron chi connectivity index (χ0n) is 13.5. The fourth-order valence-corrected chi connectivity index (χ4v) is 2.89. The largest absolute Gasteiger partial charge is 0.468 e. The number of esters is 1. The molecule has 1 atom stereocenters. The van der Waals surface area contributed by atoms with Crippen LogP contribution in [0.2, 0.25) is 0 Å². The highest BCUT2D eigenvalue weighted by Crippen LogP contribution is 2.26. The number of aryl methyl sites for hydroxylation is 1. The van der Waals surface area contributed by atoms with Gasteiger partial charge in [0.15, 0.2) is 0 Å². The lowest BCUT2D eigenvalue weighted by molar-refractivity contribution is -0.144. The van der Waals surface area contributed by atoms with Gasteiger partial charge in [0.05, 0.1) is 7.11 Å². The first-order valence-electron chi connectivity index (χ1n) is 7.67. The van der Waals surface area contributed by atoms with Gasteiger partial charge in [0.1, 0.15) is 6.04 Å². The highest BCUT2D eigenvalue weighted by Gasteiger charge is 2.22. The Morgan fingerprint density at radius 3 is 2.86 bits per heavy atom. The fourth-order valence-electron chi connectivity index (χ4n) is 2.89. The fraction of sp³-hybridized carbons (Fsp3) is 0.588. The predicted molar refractivity (Wildman–Crippen MR) is 85.5 cm³/mol. The molecule has 0 saturated carbocycles. The average molecular weight is 290 g/mol. The van der Waals surface area contributed by atoms with E-state index in [1.807, 2.05) is 13.8 Å². The minimum atomic E-state index is -0.256. The first-order valence-corrected chi connectivity index (χ1v) is 7.67. The summed E-state index contributed by atoms with van der Waals surface area (Å²) in [7, 11) is 3.58. The SMILES string of the molecule is COC(=O)[C@@H](NCc1ccc2c(c1)CCCN2C)C(C)C. The van der Waals surface area contributed by atoms with Crippen LogP contribution >= 0.6 is 0 Å². The highest BCUT2D eigenvalue weighted by atomic mass is 16.5. The molecule has 1 aromatic rings. The van der Waals surface area contributed by atoms with E-state index in [9.17, 15) is 4.79 Å². The number of nitrogens with zero attached hydrogens (tertiary/aromatic N) is 1. The number of nitrogens with one attached hydrogen (secondary N) is 1. The van der Waals surface area contributed by atoms with Gasteiger partial charge in [-0.2, -0.15) is 0 Å². The maximum absolute atomic E-state index is 11.8. The smallest absolute Gasteiger partial charge is 0.323 e. The van der Waals surface area contributed by atoms with Crippen LogP contribution in [0.3, 0.4) is 0 Å². The van der Waals surface area contributed by atoms with E-state index in [0.717, 1.165) is 13.0 Å². The van der Waals surface area contributed by atoms with Crippen molar-refractivity contribution in [2.45, 2.75) is 39.3 Å². The average Bonchev–Trinajstić information content (AvgIpc) is 2.47. The van der Waals surface area contributed by atoms with Crippen molar-refractivity contribution in [3.63, 3.8) is 0 Å². The first kappa shape index (κ1) is 15.8. The van der Waals surface area contributed by atoms with Crippen LogP contribution in [0.5, 0.6) is 0 Å². The van der Waals surface area contributed by atoms with Gasteiger partial charge in [0.2, 0.25) is 0 Å². The second-order valence-electron chi connectivity index (χ2n) is 6.11. The van der Waals surface area contributed by atoms with Gasteiger partial charge in [-0.3, -0.25) is 4.79 Å². The normalized spacial score (nSPS) is 15.8. The molecule has 4 nitrogen and oxygen atoms in total. The summed E-state index contributed by atoms with van der Waals surface area (Å²) in [6.45, 7) is 5.87. The molecule has 0 amide bonds. The van der Waals surface area contributed by atoms with E-state index in [0.29, 0.717) is 6.54 Å². The molecule has 1 aliphatic heterocycles. The lowest BCUT2D eigenvalue weighted by atomic mass is 9.99. The molecule has 0 unspecified atom stereocenters. The molecule has 21 heavy (non-hydrogen) atoms. The van der Waals surface area contributed by atoms with Crippen molar-refractivity contribution in [3.8, 4) is 0 Å². The molecule has 1 N–H and O–H groups in total. The molecule has 2 rings (SSSR count). The molecule has 0 radical (unpaired) electrons. The van der Waals surface area contributed by atoms with Crippen molar-refractivity contribution >= 4 is 11.7 Å². The topological polar surface area (TPSA) is 41.6 Å². The summed E-state index contributed by atoms with van der Waals surface area (Å²) in [5.74, 6) is 0.0175. The van der Waals surface area contributed by atoms with E-state index in [4.69, 9.17) is 4.74 Å². The van der Waals surface area contributed by atoms with E-state index >= 15 is 0 Å². The van der Waals surface area contributed by atoms with Crippen LogP contribution in [0, 0.1) is 5.92 Å². The Hall–Kier alpha value is -1.55. The van der Waals surface area contributed by atoms with Gasteiger partial charge < -0.3 is 15.0 Å². The minimum Gasteiger partial charge on any atom is -0.468 e. The summed E-state index contributed by atoms with van der Waals surface area (Å²) in [6, 6.07) is 6.33. The van der Waals surface area contributed by atoms with Gasteiger partial charge in [0.25, 0.3) is 0 Å². The molecule has 0 saturated heterocycles. The molecule has 0 bridgehead atoms. The summed E-state index contributed by atoms with van der Waals surface area (Å²) < 4.78 is 4.86. The van der Waals surface area contributed by atoms with E-state index in [1.165, 1.54) is 30.3 Å². The highest BCUT2D eigenvalue weighted by molar-refractivity contribution is 5.75. The molecule has 4 heteroatoms. The van der Waals surface area contributed by atoms with E-state index in [2.05, 4.69) is 35.5 Å². The molecular formula is C17H26N2O2. The van der Waals surface area contributed by atoms with Gasteiger partial charge in [0, 0.05) is 25.8 Å². The standard InChI is InChI=1S/C17H26N2O2/c1-12(2)16(17(20)21-4)18-11-13-7-8-15-14(10-13)6-5-9-19(15)3/h7-8,10,12,16,18H,5-6,9,11H2,1-4H3/t16-/m0/s1. The lowest BCUT2D eigenvalue weighted by Crippen LogP contribution is -2.41. The lowest BCUT2D eigenvalue weighted by Gasteiger charge is -2.28. The van der Waals surface area contributed by atoms with E-state index in [1.54, 1.807) is 0 Å². The Morgan fingerprint density at radius 1 is 1.43 bits per heavy atom. The zero-order chi connectivity index (χ0) is 15.4. The molecule has 0 spiro atoms. The van der Waals surface area contributed by atoms with Crippen molar-refractivity contribution in [2.75, 3.05) is 25.6 Å². The van der Waals surface area contributed by atoms with E-state index < -0.39 is 0 Å². The molecule has 0 fully saturated rings. The number of fused-ring (bicyclic) bond motifs is 1. The Morgan fingerprint density at radius 2 is 2.19 bits per heavy atom. The number of methoxy groups -OCH3 is 1. The van der Waals surface area contributed by atoms with Crippen molar-refractivity contribution < 1.29 is 9.53 Å². The molecule has 1 aliphatic rings. The Balaban J connectivity index is 2.05. The molecule has 0 aliphatic carbocycles. The summed E-state index contributed by atoms with van der Waals surface area (Å²) in [5, 5.41) is 3.32. The number of carbonyl (C=O) groups is 1. The summed E-state index contributed by atoms with van der Waals surface area (Å²) in [4.78, 5) is 14.1. The van der Waals surface area contributed by atoms with Crippen molar-refractivity contribution in [3.05, 3.63) is 29.3 Å². The van der Waals surface area contributed by atoms with Crippen molar-refractivity contribution in [1.29, 1.82) is 0 Å². The van der Waals surface area contributed by atoms with Crippen molar-refractivity contribution in [2.24, 2.45) is 5.92 Å². The molecule has 1 aromatic carbocycles. The number of hydrogen-bond acceptors (Lipinski definition) is 4. The monoisotopic (exact) mass is 290 g/mol. The van der Waals surface area contributed by atoms with Crippen LogP contribution < -0.4 is 10.2 Å². The molecule has 1 heterocycles. The van der Waals surface area contributed by atoms with Crippen LogP contribution in [0.15, 0.2) is 18.2 Å². The number of carbonyl (C=O) groups excluding carboxylic acids is 1. The first-order chi connectivity index (χ1) is 10.0. The predicted octanol–water partition coefficient (Wildman–Crippen LogP) is 2.36. The van der Waals surface area contributed by atoms with Gasteiger partial charge in [-0.25, -0.2) is 0 Å². The van der Waals surface area contributed by atoms with Crippen LogP contribution in [-0.4, -0.2) is 32.7 Å². The number of rotatable bonds is 5. The summed E-state index contributed by atoms with van der Waals surface area (Å²) in [6.07, 6.45) is 2.34. The Kier molecular flexibility index (Phi) is 5.23. The molecule has 116 valence electrons. The second kappa shape index (κ2) is 6.94. The van der Waals surface area contributed by atoms with Crippen molar-refractivity contribution in [1.82, 2.24) is 5.32 Å². The second-order valence-corrected chi connectivity index (χ2v) is 6.11. The third-order valence-corrected chi connectivity index (χ3v) is 4.14. The van der Waals surface area contributed by atoms with E-state index in [-0.39, 0.29) is 17.9 Å². The summed E-state index contributed by atoms with van der Waals surface area (Å²) in [5.41, 5.74) is 3.96. The number of benzene rings is 1. The maximum Gasteiger partial charge on any atom is 0.323 e. The van der Waals surface area contributed by atoms with Crippen LogP contribution in [-0.2, 0) is 22.5 Å². The van der Waals surface area contributed by atoms with Gasteiger partial charge in [-0.1, -0.05) is 26.0 Å². The van der Waals surface area contributed by atoms with Gasteiger partial charge >= 0.3 is 5.97 Å². The molecular weight excluding hydrogens is 264 g/mol. The Labute approximate surface area is 127 Å². The maximum atomic E-state index is 11.8. The summed E-state index contributed by atoms with van der Waals surface area (Å²) >= 11 is 0. The zero-order valence-corrected chi connectivity index (χ0v) is 13.5. The molecule has 0 aromatic heterocycles. The Bertz CT molecular complexity index is 500. The number of ether oxygens (including phenoxy) is 1. The number of hydrogen-bond donors (Lipinski definition) is 1. The third kappa shape index (κ3) is 3.76. The quantitative estimate of drug-likeness (QED) is 0.845. The third-order valence-electron chi connectivity index (χ3n) is 4.14. The number of anilines is 1. The van der Waals surface area contributed by atoms with Crippen LogP contribution in [0.25, 0.3) is 0 Å².